The standard InChI is InChI=1S/C11H16N2O2S/c1-11(2,3)13-10(14)15-8-5-6-9(16-4)12-7-8/h5-7H,1-4H3,(H,13,14). The van der Waals surface area contributed by atoms with Crippen LogP contribution in [0.1, 0.15) is 20.8 Å². The maximum Gasteiger partial charge on any atom is 0.413 e. The van der Waals surface area contributed by atoms with Gasteiger partial charge in [-0.25, -0.2) is 9.78 Å². The number of hydrogen-bond acceptors (Lipinski definition) is 4. The molecule has 0 aromatic carbocycles. The van der Waals surface area contributed by atoms with E-state index in [-0.39, 0.29) is 5.54 Å². The molecule has 1 rings (SSSR count). The first-order valence-electron chi connectivity index (χ1n) is 4.91. The Morgan fingerprint density at radius 3 is 2.56 bits per heavy atom. The highest BCUT2D eigenvalue weighted by atomic mass is 32.2. The lowest BCUT2D eigenvalue weighted by Gasteiger charge is -2.19. The molecule has 0 radical (unpaired) electrons. The van der Waals surface area contributed by atoms with Crippen molar-refractivity contribution in [2.75, 3.05) is 6.26 Å². The van der Waals surface area contributed by atoms with Gasteiger partial charge in [0.1, 0.15) is 0 Å². The van der Waals surface area contributed by atoms with Crippen molar-refractivity contribution < 1.29 is 9.53 Å². The third-order valence-corrected chi connectivity index (χ3v) is 2.27. The molecule has 0 atom stereocenters. The third kappa shape index (κ3) is 4.53. The maximum atomic E-state index is 11.4. The highest BCUT2D eigenvalue weighted by molar-refractivity contribution is 7.98. The Balaban J connectivity index is 2.56. The lowest BCUT2D eigenvalue weighted by Crippen LogP contribution is -2.42. The molecule has 1 N–H and O–H groups in total. The zero-order chi connectivity index (χ0) is 12.2. The number of nitrogens with one attached hydrogen (secondary N) is 1. The second-order valence-electron chi connectivity index (χ2n) is 4.30. The van der Waals surface area contributed by atoms with Crippen LogP contribution >= 0.6 is 11.8 Å². The highest BCUT2D eigenvalue weighted by Crippen LogP contribution is 2.15. The van der Waals surface area contributed by atoms with Crippen molar-refractivity contribution in [2.45, 2.75) is 31.3 Å². The van der Waals surface area contributed by atoms with Gasteiger partial charge in [0.2, 0.25) is 0 Å². The fourth-order valence-corrected chi connectivity index (χ4v) is 1.35. The van der Waals surface area contributed by atoms with Crippen molar-refractivity contribution in [3.63, 3.8) is 0 Å². The second kappa shape index (κ2) is 5.21. The Morgan fingerprint density at radius 2 is 2.12 bits per heavy atom. The molecule has 0 aliphatic heterocycles. The minimum Gasteiger partial charge on any atom is -0.409 e. The summed E-state index contributed by atoms with van der Waals surface area (Å²) in [6.45, 7) is 5.68. The van der Waals surface area contributed by atoms with Gasteiger partial charge in [0, 0.05) is 5.54 Å². The van der Waals surface area contributed by atoms with E-state index in [1.807, 2.05) is 33.1 Å². The fraction of sp³-hybridized carbons (Fsp3) is 0.455. The van der Waals surface area contributed by atoms with E-state index in [9.17, 15) is 4.79 Å². The molecule has 5 heteroatoms. The topological polar surface area (TPSA) is 51.2 Å². The first kappa shape index (κ1) is 12.8. The number of carbonyl (C=O) groups is 1. The van der Waals surface area contributed by atoms with Crippen molar-refractivity contribution in [3.05, 3.63) is 18.3 Å². The van der Waals surface area contributed by atoms with Crippen LogP contribution in [-0.2, 0) is 0 Å². The van der Waals surface area contributed by atoms with Gasteiger partial charge in [0.15, 0.2) is 5.75 Å². The monoisotopic (exact) mass is 240 g/mol. The van der Waals surface area contributed by atoms with Gasteiger partial charge in [-0.2, -0.15) is 0 Å². The van der Waals surface area contributed by atoms with E-state index in [2.05, 4.69) is 10.3 Å². The zero-order valence-corrected chi connectivity index (χ0v) is 10.7. The molecule has 0 saturated heterocycles. The van der Waals surface area contributed by atoms with Crippen LogP contribution in [0, 0.1) is 0 Å². The van der Waals surface area contributed by atoms with E-state index in [4.69, 9.17) is 4.74 Å². The zero-order valence-electron chi connectivity index (χ0n) is 9.90. The SMILES string of the molecule is CSc1ccc(OC(=O)NC(C)(C)C)cn1. The second-order valence-corrected chi connectivity index (χ2v) is 5.13. The molecule has 0 saturated carbocycles. The van der Waals surface area contributed by atoms with Crippen LogP contribution in [0.15, 0.2) is 23.4 Å². The van der Waals surface area contributed by atoms with Crippen molar-refractivity contribution >= 4 is 17.9 Å². The number of hydrogen-bond donors (Lipinski definition) is 1. The first-order chi connectivity index (χ1) is 7.40. The lowest BCUT2D eigenvalue weighted by atomic mass is 10.1. The average Bonchev–Trinajstić information content (AvgIpc) is 2.16. The Kier molecular flexibility index (Phi) is 4.18. The average molecular weight is 240 g/mol. The van der Waals surface area contributed by atoms with Crippen molar-refractivity contribution in [1.82, 2.24) is 10.3 Å². The number of carbonyl (C=O) groups excluding carboxylic acids is 1. The molecule has 4 nitrogen and oxygen atoms in total. The van der Waals surface area contributed by atoms with Gasteiger partial charge in [-0.05, 0) is 39.2 Å². The molecule has 16 heavy (non-hydrogen) atoms. The molecule has 0 aliphatic carbocycles. The van der Waals surface area contributed by atoms with E-state index in [0.29, 0.717) is 5.75 Å². The predicted molar refractivity (Wildman–Crippen MR) is 64.9 cm³/mol. The summed E-state index contributed by atoms with van der Waals surface area (Å²) in [6.07, 6.45) is 3.01. The van der Waals surface area contributed by atoms with Crippen LogP contribution < -0.4 is 10.1 Å². The van der Waals surface area contributed by atoms with Gasteiger partial charge in [-0.1, -0.05) is 0 Å². The normalized spacial score (nSPS) is 11.0. The number of pyridine rings is 1. The van der Waals surface area contributed by atoms with Gasteiger partial charge in [0.05, 0.1) is 11.2 Å². The Morgan fingerprint density at radius 1 is 1.44 bits per heavy atom. The molecular weight excluding hydrogens is 224 g/mol. The van der Waals surface area contributed by atoms with Crippen molar-refractivity contribution in [2.24, 2.45) is 0 Å². The van der Waals surface area contributed by atoms with E-state index in [1.165, 1.54) is 18.0 Å². The molecule has 1 aromatic heterocycles. The van der Waals surface area contributed by atoms with Crippen molar-refractivity contribution in [3.8, 4) is 5.75 Å². The van der Waals surface area contributed by atoms with Crippen LogP contribution in [0.25, 0.3) is 0 Å². The molecule has 0 unspecified atom stereocenters. The van der Waals surface area contributed by atoms with E-state index in [0.717, 1.165) is 5.03 Å². The lowest BCUT2D eigenvalue weighted by molar-refractivity contribution is 0.190. The quantitative estimate of drug-likeness (QED) is 0.807. The molecule has 0 bridgehead atoms. The van der Waals surface area contributed by atoms with Gasteiger partial charge in [-0.3, -0.25) is 0 Å². The number of aromatic nitrogens is 1. The van der Waals surface area contributed by atoms with E-state index in [1.54, 1.807) is 6.07 Å². The molecule has 1 aromatic rings. The number of ether oxygens (including phenoxy) is 1. The summed E-state index contributed by atoms with van der Waals surface area (Å²) < 4.78 is 5.07. The van der Waals surface area contributed by atoms with Crippen molar-refractivity contribution in [1.29, 1.82) is 0 Å². The number of rotatable bonds is 2. The van der Waals surface area contributed by atoms with Gasteiger partial charge in [0.25, 0.3) is 0 Å². The number of thioether (sulfide) groups is 1. The fourth-order valence-electron chi connectivity index (χ4n) is 0.987. The van der Waals surface area contributed by atoms with E-state index < -0.39 is 6.09 Å². The van der Waals surface area contributed by atoms with Gasteiger partial charge in [-0.15, -0.1) is 11.8 Å². The number of nitrogens with zero attached hydrogens (tertiary/aromatic N) is 1. The summed E-state index contributed by atoms with van der Waals surface area (Å²) in [5.74, 6) is 0.444. The van der Waals surface area contributed by atoms with Crippen LogP contribution in [0.4, 0.5) is 4.79 Å². The summed E-state index contributed by atoms with van der Waals surface area (Å²) in [5, 5.41) is 3.59. The maximum absolute atomic E-state index is 11.4. The third-order valence-electron chi connectivity index (χ3n) is 1.61. The molecule has 0 fully saturated rings. The Bertz CT molecular complexity index is 357. The molecular formula is C11H16N2O2S. The molecule has 0 aliphatic rings. The summed E-state index contributed by atoms with van der Waals surface area (Å²) in [4.78, 5) is 15.5. The van der Waals surface area contributed by atoms with Gasteiger partial charge < -0.3 is 10.1 Å². The van der Waals surface area contributed by atoms with Crippen LogP contribution in [0.2, 0.25) is 0 Å². The van der Waals surface area contributed by atoms with Crippen LogP contribution in [0.3, 0.4) is 0 Å². The Labute approximate surface area is 99.8 Å². The smallest absolute Gasteiger partial charge is 0.409 e. The van der Waals surface area contributed by atoms with E-state index >= 15 is 0 Å². The summed E-state index contributed by atoms with van der Waals surface area (Å²) in [7, 11) is 0. The largest absolute Gasteiger partial charge is 0.413 e. The molecule has 1 amide bonds. The summed E-state index contributed by atoms with van der Waals surface area (Å²) >= 11 is 1.54. The summed E-state index contributed by atoms with van der Waals surface area (Å²) in [5.41, 5.74) is -0.302. The molecule has 88 valence electrons. The first-order valence-corrected chi connectivity index (χ1v) is 6.13. The molecule has 1 heterocycles. The van der Waals surface area contributed by atoms with Crippen LogP contribution in [-0.4, -0.2) is 22.9 Å². The Hall–Kier alpha value is -1.23. The van der Waals surface area contributed by atoms with Crippen LogP contribution in [0.5, 0.6) is 5.75 Å². The highest BCUT2D eigenvalue weighted by Gasteiger charge is 2.15. The predicted octanol–water partition coefficient (Wildman–Crippen LogP) is 2.69. The minimum absolute atomic E-state index is 0.302. The minimum atomic E-state index is -0.466. The molecule has 0 spiro atoms. The van der Waals surface area contributed by atoms with Gasteiger partial charge >= 0.3 is 6.09 Å². The summed E-state index contributed by atoms with van der Waals surface area (Å²) in [6, 6.07) is 3.53. The number of amides is 1.